The Balaban J connectivity index is 0.0000000866. The Morgan fingerprint density at radius 1 is 0.100 bits per heavy atom. The van der Waals surface area contributed by atoms with Gasteiger partial charge in [0.15, 0.2) is 0 Å². The maximum absolute atomic E-state index is 2.63. The third kappa shape index (κ3) is 12.0. The van der Waals surface area contributed by atoms with E-state index in [1.54, 1.807) is 0 Å². The molecule has 4 aromatic heterocycles. The average Bonchev–Trinajstić information content (AvgIpc) is 1.53. The molecule has 686 valence electrons. The van der Waals surface area contributed by atoms with Crippen LogP contribution in [-0.2, 0) is 0 Å². The summed E-state index contributed by atoms with van der Waals surface area (Å²) in [5, 5.41) is 13.3. The molecular weight excluding hydrogens is 1800 g/mol. The second-order valence-corrected chi connectivity index (χ2v) is 41.6. The van der Waals surface area contributed by atoms with Gasteiger partial charge in [-0.1, -0.05) is 461 Å². The fourth-order valence-corrected chi connectivity index (χ4v) is 27.9. The lowest BCUT2D eigenvalue weighted by Gasteiger charge is -2.32. The highest BCUT2D eigenvalue weighted by Gasteiger charge is 2.45. The molecule has 0 aliphatic carbocycles. The van der Waals surface area contributed by atoms with Crippen molar-refractivity contribution in [1.82, 2.24) is 17.9 Å². The van der Waals surface area contributed by atoms with Crippen molar-refractivity contribution in [2.75, 3.05) is 0 Å². The molecule has 24 aromatic carbocycles. The van der Waals surface area contributed by atoms with Crippen LogP contribution in [0, 0.1) is 0 Å². The summed E-state index contributed by atoms with van der Waals surface area (Å²) in [4.78, 5) is 0. The van der Waals surface area contributed by atoms with Gasteiger partial charge in [0, 0.05) is 132 Å². The van der Waals surface area contributed by atoms with Gasteiger partial charge in [-0.05, 0) is 238 Å². The molecule has 0 bridgehead atoms. The highest BCUT2D eigenvalue weighted by atomic mass is 15.0. The topological polar surface area (TPSA) is 19.7 Å². The summed E-state index contributed by atoms with van der Waals surface area (Å²) in [6.07, 6.45) is 0. The number of benzene rings is 24. The van der Waals surface area contributed by atoms with Crippen LogP contribution >= 0.6 is 0 Å². The Morgan fingerprint density at radius 3 is 0.653 bits per heavy atom. The molecule has 0 N–H and O–H groups in total. The van der Waals surface area contributed by atoms with Crippen molar-refractivity contribution in [3.05, 3.63) is 522 Å². The standard InChI is InChI=1S/3C36H22BN.C34H20BN/c1-2-10-23(11-3-1)24-12-8-13-25(20-24)26-21-31-28-15-5-7-19-34(28)37-33-18-6-4-14-27(33)29-16-9-17-30-32(22-26)36(31)38(37)35(29)30;1-2-9-23(10-3-1)24-17-19-25(20-18-24)26-21-31-28-12-5-7-16-34(28)37-33-15-6-4-11-27(33)29-13-8-14-30-32(22-26)36(31)38(37)35(29)30;1-2-11-23(12-3-1)25-13-4-5-14-26(25)24-21-31-28-16-7-9-20-34(28)37-33-19-8-6-15-27(33)29-17-10-18-30-32(22-24)36(31)38(37)35(29)30;1-2-9-22-18-23(17-16-21(22)8-1)24-19-29-26-11-4-6-15-32(26)35-31-14-5-3-10-25(31)27-12-7-13-28-30(20-24)34(29)36(35)33(27)28/h3*1-22H;1-20H. The molecule has 12 heterocycles. The van der Waals surface area contributed by atoms with Gasteiger partial charge < -0.3 is 17.9 Å². The number of hydrogen-bond acceptors (Lipinski definition) is 0. The van der Waals surface area contributed by atoms with Crippen LogP contribution in [0.2, 0.25) is 0 Å². The van der Waals surface area contributed by atoms with E-state index in [9.17, 15) is 0 Å². The third-order valence-electron chi connectivity index (χ3n) is 34.1. The summed E-state index contributed by atoms with van der Waals surface area (Å²) in [7, 11) is 0. The largest absolute Gasteiger partial charge is 0.375 e. The highest BCUT2D eigenvalue weighted by molar-refractivity contribution is 6.91. The second kappa shape index (κ2) is 32.2. The van der Waals surface area contributed by atoms with Crippen LogP contribution in [0.3, 0.4) is 0 Å². The Hall–Kier alpha value is -19.0. The predicted molar refractivity (Wildman–Crippen MR) is 639 cm³/mol. The van der Waals surface area contributed by atoms with E-state index in [2.05, 4.69) is 540 Å². The quantitative estimate of drug-likeness (QED) is 0.142. The summed E-state index contributed by atoms with van der Waals surface area (Å²) >= 11 is 0. The van der Waals surface area contributed by atoms with Crippen molar-refractivity contribution >= 4 is 169 Å². The van der Waals surface area contributed by atoms with E-state index >= 15 is 0 Å². The van der Waals surface area contributed by atoms with Crippen LogP contribution in [-0.4, -0.2) is 45.3 Å². The molecule has 0 fully saturated rings. The van der Waals surface area contributed by atoms with Gasteiger partial charge in [0.2, 0.25) is 0 Å². The fourth-order valence-electron chi connectivity index (χ4n) is 27.9. The van der Waals surface area contributed by atoms with Gasteiger partial charge in [0.05, 0.1) is 0 Å². The number of rotatable bonds is 7. The zero-order valence-electron chi connectivity index (χ0n) is 81.8. The summed E-state index contributed by atoms with van der Waals surface area (Å²) < 4.78 is 10.5. The lowest BCUT2D eigenvalue weighted by molar-refractivity contribution is 1.31. The molecule has 0 amide bonds. The molecule has 8 aliphatic heterocycles. The molecule has 0 atom stereocenters. The van der Waals surface area contributed by atoms with Gasteiger partial charge in [-0.25, -0.2) is 0 Å². The van der Waals surface area contributed by atoms with Crippen molar-refractivity contribution in [3.8, 4) is 167 Å². The Kier molecular flexibility index (Phi) is 17.9. The van der Waals surface area contributed by atoms with Gasteiger partial charge in [0.1, 0.15) is 0 Å². The van der Waals surface area contributed by atoms with Crippen molar-refractivity contribution in [3.63, 3.8) is 0 Å². The molecule has 0 spiro atoms. The molecule has 0 saturated carbocycles. The van der Waals surface area contributed by atoms with E-state index in [1.807, 2.05) is 0 Å². The fraction of sp³-hybridized carbons (Fsp3) is 0. The molecule has 28 aromatic rings. The first-order chi connectivity index (χ1) is 74.5. The van der Waals surface area contributed by atoms with Crippen molar-refractivity contribution in [2.24, 2.45) is 0 Å². The van der Waals surface area contributed by atoms with Crippen LogP contribution in [0.15, 0.2) is 522 Å². The molecule has 8 aliphatic rings. The first-order valence-electron chi connectivity index (χ1n) is 52.6. The maximum atomic E-state index is 2.63. The van der Waals surface area contributed by atoms with Crippen molar-refractivity contribution < 1.29 is 0 Å². The van der Waals surface area contributed by atoms with E-state index in [4.69, 9.17) is 0 Å². The van der Waals surface area contributed by atoms with E-state index in [0.29, 0.717) is 0 Å². The molecule has 8 heteroatoms. The summed E-state index contributed by atoms with van der Waals surface area (Å²) in [5.74, 6) is 0. The van der Waals surface area contributed by atoms with Gasteiger partial charge >= 0.3 is 27.4 Å². The first-order valence-corrected chi connectivity index (χ1v) is 52.6. The van der Waals surface area contributed by atoms with Gasteiger partial charge in [-0.15, -0.1) is 0 Å². The zero-order valence-corrected chi connectivity index (χ0v) is 81.8. The summed E-state index contributed by atoms with van der Waals surface area (Å²) in [6, 6.07) is 193. The molecule has 0 saturated heterocycles. The molecule has 150 heavy (non-hydrogen) atoms. The van der Waals surface area contributed by atoms with Crippen molar-refractivity contribution in [2.45, 2.75) is 0 Å². The van der Waals surface area contributed by atoms with E-state index in [0.717, 1.165) is 0 Å². The molecule has 36 rings (SSSR count). The normalized spacial score (nSPS) is 12.7. The molecule has 4 nitrogen and oxygen atoms in total. The number of hydrogen-bond donors (Lipinski definition) is 0. The van der Waals surface area contributed by atoms with Gasteiger partial charge in [-0.3, -0.25) is 0 Å². The molecular formula is C142H86B4N4. The van der Waals surface area contributed by atoms with Crippen LogP contribution in [0.25, 0.3) is 265 Å². The van der Waals surface area contributed by atoms with Gasteiger partial charge in [0.25, 0.3) is 0 Å². The number of aromatic nitrogens is 4. The first kappa shape index (κ1) is 83.3. The summed E-state index contributed by atoms with van der Waals surface area (Å²) in [5.41, 5.74) is 61.1. The van der Waals surface area contributed by atoms with Crippen LogP contribution in [0.5, 0.6) is 0 Å². The zero-order chi connectivity index (χ0) is 97.8. The van der Waals surface area contributed by atoms with Crippen LogP contribution in [0.1, 0.15) is 0 Å². The second-order valence-electron chi connectivity index (χ2n) is 41.6. The predicted octanol–water partition coefficient (Wildman–Crippen LogP) is 30.5. The maximum Gasteiger partial charge on any atom is 0.329 e. The number of nitrogens with zero attached hydrogens (tertiary/aromatic N) is 4. The number of fused-ring (bicyclic) bond motifs is 29. The number of para-hydroxylation sites is 4. The van der Waals surface area contributed by atoms with Crippen LogP contribution in [0.4, 0.5) is 0 Å². The Morgan fingerprint density at radius 2 is 0.307 bits per heavy atom. The smallest absolute Gasteiger partial charge is 0.329 e. The SMILES string of the molecule is c1ccc(-c2ccc(-c3cc4c5c(c3)c3cccc6c3n5B(c3ccccc3-6)c3ccccc3-4)cc2)cc1.c1ccc(-c2cccc(-c3cc4c5c(c3)c3cccc6c3n5B(c3ccccc3-6)c3ccccc3-4)c2)cc1.c1ccc(-c2ccccc2-c2cc3c4c(c2)c2cccc5c2n4B(c2ccccc2-5)c2ccccc2-3)cc1.c1ccc2c(c1)B1c3ccccc3-c3cc(-c4ccc5ccccc5c4)cc4c5cccc-2c5n1c34. The van der Waals surface area contributed by atoms with E-state index < -0.39 is 0 Å². The Labute approximate surface area is 869 Å². The minimum absolute atomic E-state index is 0.187. The van der Waals surface area contributed by atoms with E-state index in [-0.39, 0.29) is 27.4 Å². The van der Waals surface area contributed by atoms with Gasteiger partial charge in [-0.2, -0.15) is 0 Å². The minimum atomic E-state index is 0.187. The Bertz CT molecular complexity index is 10700. The molecule has 0 radical (unpaired) electrons. The van der Waals surface area contributed by atoms with Crippen molar-refractivity contribution in [1.29, 1.82) is 0 Å². The third-order valence-corrected chi connectivity index (χ3v) is 34.1. The minimum Gasteiger partial charge on any atom is -0.375 e. The van der Waals surface area contributed by atoms with E-state index in [1.165, 1.54) is 309 Å². The average molecular weight is 1890 g/mol. The lowest BCUT2D eigenvalue weighted by Crippen LogP contribution is -2.53. The van der Waals surface area contributed by atoms with Crippen LogP contribution < -0.4 is 43.7 Å². The molecule has 0 unspecified atom stereocenters. The highest BCUT2D eigenvalue weighted by Crippen LogP contribution is 2.54. The lowest BCUT2D eigenvalue weighted by atomic mass is 9.45. The monoisotopic (exact) mass is 1890 g/mol. The summed E-state index contributed by atoms with van der Waals surface area (Å²) in [6.45, 7) is 0.774.